The molecule has 0 aliphatic rings. The van der Waals surface area contributed by atoms with Gasteiger partial charge in [-0.1, -0.05) is 17.3 Å². The molecule has 0 unspecified atom stereocenters. The van der Waals surface area contributed by atoms with Gasteiger partial charge < -0.3 is 0 Å². The van der Waals surface area contributed by atoms with Gasteiger partial charge in [-0.2, -0.15) is 0 Å². The second-order valence-electron chi connectivity index (χ2n) is 3.40. The zero-order valence-electron chi connectivity index (χ0n) is 8.61. The standard InChI is InChI=1S/C11H11ClFN3/c12-7-3-4-9-8-16(15-14-9)11-6-2-1-5-10(11)13/h1-2,5-6,8H,3-4,7H2. The van der Waals surface area contributed by atoms with Crippen LogP contribution in [-0.4, -0.2) is 20.9 Å². The molecule has 0 saturated heterocycles. The van der Waals surface area contributed by atoms with Gasteiger partial charge in [0.25, 0.3) is 0 Å². The summed E-state index contributed by atoms with van der Waals surface area (Å²) in [7, 11) is 0. The summed E-state index contributed by atoms with van der Waals surface area (Å²) in [4.78, 5) is 0. The van der Waals surface area contributed by atoms with Gasteiger partial charge in [0.1, 0.15) is 11.5 Å². The van der Waals surface area contributed by atoms with Crippen LogP contribution in [0.5, 0.6) is 0 Å². The molecule has 1 heterocycles. The first-order chi connectivity index (χ1) is 7.81. The van der Waals surface area contributed by atoms with E-state index in [0.29, 0.717) is 11.6 Å². The SMILES string of the molecule is Fc1ccccc1-n1cc(CCCCl)nn1. The van der Waals surface area contributed by atoms with Gasteiger partial charge in [-0.3, -0.25) is 0 Å². The summed E-state index contributed by atoms with van der Waals surface area (Å²) in [5.74, 6) is 0.281. The lowest BCUT2D eigenvalue weighted by Gasteiger charge is -1.99. The molecule has 3 nitrogen and oxygen atoms in total. The maximum absolute atomic E-state index is 13.4. The maximum atomic E-state index is 13.4. The van der Waals surface area contributed by atoms with Crippen LogP contribution >= 0.6 is 11.6 Å². The number of aryl methyl sites for hydroxylation is 1. The Kier molecular flexibility index (Phi) is 3.51. The van der Waals surface area contributed by atoms with Crippen LogP contribution in [0, 0.1) is 5.82 Å². The van der Waals surface area contributed by atoms with Gasteiger partial charge in [0, 0.05) is 5.88 Å². The molecule has 0 saturated carbocycles. The average molecular weight is 240 g/mol. The van der Waals surface area contributed by atoms with Crippen molar-refractivity contribution in [3.05, 3.63) is 42.0 Å². The maximum Gasteiger partial charge on any atom is 0.148 e. The van der Waals surface area contributed by atoms with E-state index in [1.807, 2.05) is 0 Å². The number of hydrogen-bond acceptors (Lipinski definition) is 2. The van der Waals surface area contributed by atoms with E-state index in [1.54, 1.807) is 24.4 Å². The highest BCUT2D eigenvalue weighted by atomic mass is 35.5. The molecule has 0 N–H and O–H groups in total. The number of rotatable bonds is 4. The van der Waals surface area contributed by atoms with E-state index in [2.05, 4.69) is 10.3 Å². The predicted octanol–water partition coefficient (Wildman–Crippen LogP) is 2.58. The molecule has 1 aromatic carbocycles. The second-order valence-corrected chi connectivity index (χ2v) is 3.78. The molecule has 2 aromatic rings. The van der Waals surface area contributed by atoms with Crippen molar-refractivity contribution in [3.8, 4) is 5.69 Å². The van der Waals surface area contributed by atoms with Crippen molar-refractivity contribution in [2.24, 2.45) is 0 Å². The zero-order valence-corrected chi connectivity index (χ0v) is 9.36. The van der Waals surface area contributed by atoms with Crippen LogP contribution in [0.2, 0.25) is 0 Å². The third-order valence-electron chi connectivity index (χ3n) is 2.21. The molecule has 0 bridgehead atoms. The summed E-state index contributed by atoms with van der Waals surface area (Å²) in [6, 6.07) is 6.47. The minimum atomic E-state index is -0.309. The Hall–Kier alpha value is -1.42. The molecule has 0 aliphatic carbocycles. The molecule has 16 heavy (non-hydrogen) atoms. The van der Waals surface area contributed by atoms with E-state index in [4.69, 9.17) is 11.6 Å². The highest BCUT2D eigenvalue weighted by Gasteiger charge is 2.06. The lowest BCUT2D eigenvalue weighted by Crippen LogP contribution is -1.97. The fourth-order valence-corrected chi connectivity index (χ4v) is 1.55. The topological polar surface area (TPSA) is 30.7 Å². The number of hydrogen-bond donors (Lipinski definition) is 0. The highest BCUT2D eigenvalue weighted by Crippen LogP contribution is 2.11. The molecule has 1 aromatic heterocycles. The van der Waals surface area contributed by atoms with Crippen molar-refractivity contribution in [1.82, 2.24) is 15.0 Å². The Balaban J connectivity index is 2.22. The Morgan fingerprint density at radius 3 is 2.88 bits per heavy atom. The van der Waals surface area contributed by atoms with Crippen LogP contribution in [0.4, 0.5) is 4.39 Å². The average Bonchev–Trinajstić information content (AvgIpc) is 2.75. The number of halogens is 2. The van der Waals surface area contributed by atoms with Gasteiger partial charge in [0.05, 0.1) is 11.9 Å². The minimum Gasteiger partial charge on any atom is -0.217 e. The first-order valence-corrected chi connectivity index (χ1v) is 5.57. The fraction of sp³-hybridized carbons (Fsp3) is 0.273. The van der Waals surface area contributed by atoms with Crippen LogP contribution in [0.15, 0.2) is 30.5 Å². The molecule has 0 aliphatic heterocycles. The van der Waals surface area contributed by atoms with Crippen LogP contribution in [-0.2, 0) is 6.42 Å². The van der Waals surface area contributed by atoms with Gasteiger partial charge in [-0.15, -0.1) is 16.7 Å². The van der Waals surface area contributed by atoms with Crippen LogP contribution < -0.4 is 0 Å². The van der Waals surface area contributed by atoms with Gasteiger partial charge in [-0.25, -0.2) is 9.07 Å². The lowest BCUT2D eigenvalue weighted by molar-refractivity contribution is 0.607. The van der Waals surface area contributed by atoms with Crippen molar-refractivity contribution < 1.29 is 4.39 Å². The van der Waals surface area contributed by atoms with Gasteiger partial charge >= 0.3 is 0 Å². The summed E-state index contributed by atoms with van der Waals surface area (Å²) in [6.45, 7) is 0. The summed E-state index contributed by atoms with van der Waals surface area (Å²) in [6.07, 6.45) is 3.33. The number of benzene rings is 1. The fourth-order valence-electron chi connectivity index (χ4n) is 1.42. The summed E-state index contributed by atoms with van der Waals surface area (Å²) >= 11 is 5.59. The van der Waals surface area contributed by atoms with E-state index in [9.17, 15) is 4.39 Å². The van der Waals surface area contributed by atoms with E-state index < -0.39 is 0 Å². The molecule has 0 fully saturated rings. The number of para-hydroxylation sites is 1. The zero-order chi connectivity index (χ0) is 11.4. The number of alkyl halides is 1. The number of aromatic nitrogens is 3. The normalized spacial score (nSPS) is 10.6. The van der Waals surface area contributed by atoms with Crippen molar-refractivity contribution >= 4 is 11.6 Å². The Morgan fingerprint density at radius 1 is 1.31 bits per heavy atom. The van der Waals surface area contributed by atoms with Gasteiger partial charge in [-0.05, 0) is 25.0 Å². The smallest absolute Gasteiger partial charge is 0.148 e. The minimum absolute atomic E-state index is 0.309. The predicted molar refractivity (Wildman–Crippen MR) is 60.4 cm³/mol. The highest BCUT2D eigenvalue weighted by molar-refractivity contribution is 6.17. The molecule has 84 valence electrons. The van der Waals surface area contributed by atoms with Crippen LogP contribution in [0.3, 0.4) is 0 Å². The number of nitrogens with zero attached hydrogens (tertiary/aromatic N) is 3. The van der Waals surface area contributed by atoms with E-state index in [-0.39, 0.29) is 5.82 Å². The molecular weight excluding hydrogens is 229 g/mol. The quantitative estimate of drug-likeness (QED) is 0.768. The molecule has 2 rings (SSSR count). The third-order valence-corrected chi connectivity index (χ3v) is 2.47. The van der Waals surface area contributed by atoms with E-state index >= 15 is 0 Å². The van der Waals surface area contributed by atoms with Crippen molar-refractivity contribution in [1.29, 1.82) is 0 Å². The van der Waals surface area contributed by atoms with Crippen molar-refractivity contribution in [2.45, 2.75) is 12.8 Å². The van der Waals surface area contributed by atoms with Crippen LogP contribution in [0.1, 0.15) is 12.1 Å². The molecule has 5 heteroatoms. The monoisotopic (exact) mass is 239 g/mol. The Morgan fingerprint density at radius 2 is 2.12 bits per heavy atom. The lowest BCUT2D eigenvalue weighted by atomic mass is 10.3. The summed E-state index contributed by atoms with van der Waals surface area (Å²) < 4.78 is 14.9. The van der Waals surface area contributed by atoms with Crippen molar-refractivity contribution in [2.75, 3.05) is 5.88 Å². The summed E-state index contributed by atoms with van der Waals surface area (Å²) in [5.41, 5.74) is 1.23. The molecule has 0 atom stereocenters. The van der Waals surface area contributed by atoms with Crippen molar-refractivity contribution in [3.63, 3.8) is 0 Å². The Labute approximate surface area is 97.8 Å². The second kappa shape index (κ2) is 5.07. The first kappa shape index (κ1) is 11.1. The first-order valence-electron chi connectivity index (χ1n) is 5.03. The molecule has 0 radical (unpaired) electrons. The summed E-state index contributed by atoms with van der Waals surface area (Å²) in [5, 5.41) is 7.84. The van der Waals surface area contributed by atoms with E-state index in [1.165, 1.54) is 10.7 Å². The Bertz CT molecular complexity index is 470. The molecule has 0 amide bonds. The largest absolute Gasteiger partial charge is 0.217 e. The molecule has 0 spiro atoms. The van der Waals surface area contributed by atoms with Gasteiger partial charge in [0.15, 0.2) is 0 Å². The van der Waals surface area contributed by atoms with E-state index in [0.717, 1.165) is 18.5 Å². The third kappa shape index (κ3) is 2.39. The van der Waals surface area contributed by atoms with Crippen LogP contribution in [0.25, 0.3) is 5.69 Å². The molecular formula is C11H11ClFN3. The van der Waals surface area contributed by atoms with Gasteiger partial charge in [0.2, 0.25) is 0 Å².